The van der Waals surface area contributed by atoms with Gasteiger partial charge in [0.2, 0.25) is 0 Å². The summed E-state index contributed by atoms with van der Waals surface area (Å²) in [5.74, 6) is 0.872. The molecule has 0 aliphatic heterocycles. The predicted octanol–water partition coefficient (Wildman–Crippen LogP) is 3.15. The van der Waals surface area contributed by atoms with Crippen molar-refractivity contribution in [3.63, 3.8) is 0 Å². The fraction of sp³-hybridized carbons (Fsp3) is 0.571. The van der Waals surface area contributed by atoms with Crippen molar-refractivity contribution in [2.24, 2.45) is 5.92 Å². The van der Waals surface area contributed by atoms with Crippen LogP contribution in [0.4, 0.5) is 0 Å². The van der Waals surface area contributed by atoms with Crippen LogP contribution in [0.25, 0.3) is 0 Å². The van der Waals surface area contributed by atoms with E-state index in [0.717, 1.165) is 32.2 Å². The molecule has 2 rings (SSSR count). The van der Waals surface area contributed by atoms with E-state index in [2.05, 4.69) is 58.8 Å². The molecule has 0 bridgehead atoms. The van der Waals surface area contributed by atoms with E-state index in [-0.39, 0.29) is 0 Å². The second kappa shape index (κ2) is 6.71. The van der Waals surface area contributed by atoms with Crippen LogP contribution < -0.4 is 0 Å². The first-order valence-corrected chi connectivity index (χ1v) is 7.32. The Hall–Kier alpha value is -0.130. The predicted molar refractivity (Wildman–Crippen MR) is 79.0 cm³/mol. The van der Waals surface area contributed by atoms with Crippen LogP contribution in [0, 0.1) is 9.49 Å². The SMILES string of the molecule is CN(CCOCC1CC1)Cc1ccc(I)cc1. The number of rotatable bonds is 7. The molecule has 0 aromatic heterocycles. The Morgan fingerprint density at radius 2 is 2.00 bits per heavy atom. The van der Waals surface area contributed by atoms with Crippen LogP contribution in [0.3, 0.4) is 0 Å². The van der Waals surface area contributed by atoms with E-state index in [1.165, 1.54) is 22.0 Å². The molecule has 0 heterocycles. The van der Waals surface area contributed by atoms with Crippen LogP contribution in [-0.2, 0) is 11.3 Å². The molecule has 94 valence electrons. The highest BCUT2D eigenvalue weighted by molar-refractivity contribution is 14.1. The Morgan fingerprint density at radius 3 is 2.65 bits per heavy atom. The van der Waals surface area contributed by atoms with Crippen LogP contribution in [0.15, 0.2) is 24.3 Å². The summed E-state index contributed by atoms with van der Waals surface area (Å²) < 4.78 is 6.94. The standard InChI is InChI=1S/C14H20INO/c1-16(8-9-17-11-13-2-3-13)10-12-4-6-14(15)7-5-12/h4-7,13H,2-3,8-11H2,1H3. The minimum Gasteiger partial charge on any atom is -0.380 e. The zero-order valence-corrected chi connectivity index (χ0v) is 12.5. The van der Waals surface area contributed by atoms with Gasteiger partial charge in [0.25, 0.3) is 0 Å². The van der Waals surface area contributed by atoms with Crippen molar-refractivity contribution in [2.75, 3.05) is 26.8 Å². The number of benzene rings is 1. The van der Waals surface area contributed by atoms with Gasteiger partial charge in [-0.15, -0.1) is 0 Å². The van der Waals surface area contributed by atoms with Gasteiger partial charge >= 0.3 is 0 Å². The van der Waals surface area contributed by atoms with Gasteiger partial charge in [0.15, 0.2) is 0 Å². The van der Waals surface area contributed by atoms with Gasteiger partial charge in [-0.2, -0.15) is 0 Å². The molecular weight excluding hydrogens is 325 g/mol. The van der Waals surface area contributed by atoms with E-state index in [1.54, 1.807) is 0 Å². The van der Waals surface area contributed by atoms with Crippen molar-refractivity contribution in [3.8, 4) is 0 Å². The van der Waals surface area contributed by atoms with E-state index in [4.69, 9.17) is 4.74 Å². The lowest BCUT2D eigenvalue weighted by Gasteiger charge is -2.16. The third-order valence-electron chi connectivity index (χ3n) is 3.03. The van der Waals surface area contributed by atoms with Crippen LogP contribution in [0.1, 0.15) is 18.4 Å². The third-order valence-corrected chi connectivity index (χ3v) is 3.75. The lowest BCUT2D eigenvalue weighted by Crippen LogP contribution is -2.23. The molecule has 0 saturated heterocycles. The molecule has 3 heteroatoms. The summed E-state index contributed by atoms with van der Waals surface area (Å²) in [6.45, 7) is 3.84. The average Bonchev–Trinajstić information content (AvgIpc) is 3.12. The largest absolute Gasteiger partial charge is 0.380 e. The van der Waals surface area contributed by atoms with Crippen LogP contribution in [0.5, 0.6) is 0 Å². The molecule has 1 aromatic carbocycles. The second-order valence-electron chi connectivity index (χ2n) is 4.88. The fourth-order valence-electron chi connectivity index (χ4n) is 1.74. The highest BCUT2D eigenvalue weighted by Gasteiger charge is 2.20. The van der Waals surface area contributed by atoms with Gasteiger partial charge in [0.1, 0.15) is 0 Å². The van der Waals surface area contributed by atoms with Gasteiger partial charge in [-0.3, -0.25) is 4.90 Å². The number of likely N-dealkylation sites (N-methyl/N-ethyl adjacent to an activating group) is 1. The normalized spacial score (nSPS) is 15.5. The molecule has 1 fully saturated rings. The van der Waals surface area contributed by atoms with Crippen LogP contribution in [-0.4, -0.2) is 31.7 Å². The smallest absolute Gasteiger partial charge is 0.0593 e. The maximum atomic E-state index is 5.64. The monoisotopic (exact) mass is 345 g/mol. The van der Waals surface area contributed by atoms with Crippen molar-refractivity contribution in [3.05, 3.63) is 33.4 Å². The Bertz CT molecular complexity index is 335. The third kappa shape index (κ3) is 5.36. The van der Waals surface area contributed by atoms with Gasteiger partial charge in [-0.25, -0.2) is 0 Å². The summed E-state index contributed by atoms with van der Waals surface area (Å²) in [6.07, 6.45) is 2.75. The molecular formula is C14H20INO. The minimum atomic E-state index is 0.859. The number of ether oxygens (including phenoxy) is 1. The molecule has 1 aliphatic rings. The fourth-order valence-corrected chi connectivity index (χ4v) is 2.10. The molecule has 0 unspecified atom stereocenters. The highest BCUT2D eigenvalue weighted by atomic mass is 127. The molecule has 0 amide bonds. The Morgan fingerprint density at radius 1 is 1.29 bits per heavy atom. The summed E-state index contributed by atoms with van der Waals surface area (Å²) in [6, 6.07) is 8.72. The number of hydrogen-bond acceptors (Lipinski definition) is 2. The van der Waals surface area contributed by atoms with Crippen LogP contribution >= 0.6 is 22.6 Å². The van der Waals surface area contributed by atoms with Crippen molar-refractivity contribution >= 4 is 22.6 Å². The topological polar surface area (TPSA) is 12.5 Å². The number of halogens is 1. The van der Waals surface area contributed by atoms with E-state index in [9.17, 15) is 0 Å². The maximum absolute atomic E-state index is 5.64. The summed E-state index contributed by atoms with van der Waals surface area (Å²) in [4.78, 5) is 2.31. The molecule has 2 nitrogen and oxygen atoms in total. The highest BCUT2D eigenvalue weighted by Crippen LogP contribution is 2.28. The van der Waals surface area contributed by atoms with Gasteiger partial charge in [-0.1, -0.05) is 12.1 Å². The van der Waals surface area contributed by atoms with Gasteiger partial charge in [0.05, 0.1) is 6.61 Å². The van der Waals surface area contributed by atoms with Crippen molar-refractivity contribution in [1.82, 2.24) is 4.90 Å². The Kier molecular flexibility index (Phi) is 5.25. The summed E-state index contributed by atoms with van der Waals surface area (Å²) in [5, 5.41) is 0. The molecule has 0 atom stereocenters. The second-order valence-corrected chi connectivity index (χ2v) is 6.13. The molecule has 0 radical (unpaired) electrons. The van der Waals surface area contributed by atoms with Gasteiger partial charge in [0, 0.05) is 23.3 Å². The van der Waals surface area contributed by atoms with Crippen molar-refractivity contribution in [1.29, 1.82) is 0 Å². The van der Waals surface area contributed by atoms with E-state index >= 15 is 0 Å². The number of hydrogen-bond donors (Lipinski definition) is 0. The summed E-state index contributed by atoms with van der Waals surface area (Å²) in [7, 11) is 2.15. The summed E-state index contributed by atoms with van der Waals surface area (Å²) >= 11 is 2.34. The van der Waals surface area contributed by atoms with Crippen molar-refractivity contribution < 1.29 is 4.74 Å². The molecule has 0 N–H and O–H groups in total. The average molecular weight is 345 g/mol. The van der Waals surface area contributed by atoms with E-state index in [1.807, 2.05) is 0 Å². The van der Waals surface area contributed by atoms with E-state index in [0.29, 0.717) is 0 Å². The zero-order chi connectivity index (χ0) is 12.1. The lowest BCUT2D eigenvalue weighted by atomic mass is 10.2. The van der Waals surface area contributed by atoms with Gasteiger partial charge in [-0.05, 0) is 66.1 Å². The molecule has 17 heavy (non-hydrogen) atoms. The molecule has 1 saturated carbocycles. The first-order valence-electron chi connectivity index (χ1n) is 6.25. The molecule has 1 aliphatic carbocycles. The zero-order valence-electron chi connectivity index (χ0n) is 10.4. The molecule has 1 aromatic rings. The number of nitrogens with zero attached hydrogens (tertiary/aromatic N) is 1. The van der Waals surface area contributed by atoms with Crippen LogP contribution in [0.2, 0.25) is 0 Å². The quantitative estimate of drug-likeness (QED) is 0.556. The molecule has 0 spiro atoms. The van der Waals surface area contributed by atoms with Crippen molar-refractivity contribution in [2.45, 2.75) is 19.4 Å². The first kappa shape index (κ1) is 13.3. The first-order chi connectivity index (χ1) is 8.24. The lowest BCUT2D eigenvalue weighted by molar-refractivity contribution is 0.102. The Labute approximate surface area is 117 Å². The summed E-state index contributed by atoms with van der Waals surface area (Å²) in [5.41, 5.74) is 1.37. The Balaban J connectivity index is 1.61. The maximum Gasteiger partial charge on any atom is 0.0593 e. The minimum absolute atomic E-state index is 0.859. The van der Waals surface area contributed by atoms with E-state index < -0.39 is 0 Å². The van der Waals surface area contributed by atoms with Gasteiger partial charge < -0.3 is 4.74 Å².